The van der Waals surface area contributed by atoms with E-state index in [0.717, 1.165) is 138 Å². The van der Waals surface area contributed by atoms with Gasteiger partial charge in [0.1, 0.15) is 5.75 Å². The molecule has 0 aromatic heterocycles. The highest BCUT2D eigenvalue weighted by Gasteiger charge is 2.54. The maximum atomic E-state index is 17.1. The van der Waals surface area contributed by atoms with E-state index in [-0.39, 0.29) is 13.2 Å². The van der Waals surface area contributed by atoms with E-state index < -0.39 is 30.5 Å². The average molecular weight is 1290 g/mol. The number of ether oxygens (including phenoxy) is 1. The van der Waals surface area contributed by atoms with Crippen LogP contribution in [0.3, 0.4) is 0 Å². The fourth-order valence-electron chi connectivity index (χ4n) is 16.8. The van der Waals surface area contributed by atoms with Crippen LogP contribution < -0.4 is 36.6 Å². The number of aliphatic hydroxyl groups is 2. The first kappa shape index (κ1) is 60.0. The lowest BCUT2D eigenvalue weighted by molar-refractivity contribution is 0.281. The first-order valence-corrected chi connectivity index (χ1v) is 36.4. The summed E-state index contributed by atoms with van der Waals surface area (Å²) in [5.74, 6) is 0.736. The van der Waals surface area contributed by atoms with Crippen LogP contribution in [0.4, 0.5) is 0 Å². The molecule has 0 bridgehead atoms. The third-order valence-electron chi connectivity index (χ3n) is 21.1. The van der Waals surface area contributed by atoms with E-state index in [9.17, 15) is 10.2 Å². The van der Waals surface area contributed by atoms with Gasteiger partial charge >= 0.3 is 0 Å². The molecule has 0 radical (unpaired) electrons. The van der Waals surface area contributed by atoms with Crippen molar-refractivity contribution in [1.82, 2.24) is 0 Å². The molecule has 0 aliphatic heterocycles. The third-order valence-corrected chi connectivity index (χ3v) is 27.2. The predicted octanol–water partition coefficient (Wildman–Crippen LogP) is 17.0. The van der Waals surface area contributed by atoms with Gasteiger partial charge in [0.15, 0.2) is 14.3 Å². The second-order valence-electron chi connectivity index (χ2n) is 25.7. The SMILES string of the molecule is COc1ccc(C2(c3cc(C4(c5ccc(CO)cc5)c5ccccc5-c5ccc(P(=O)(c6ccccc6)c6ccccc6)cc54)cc(C4(c5ccc(CO)cc5)c5ccccc5-c5ccc(P(=O)(c6ccccc6)c6ccccc6)cc54)c3)c3ccccc3-c3ccccc32)cc1. The van der Waals surface area contributed by atoms with E-state index in [0.29, 0.717) is 10.6 Å². The average Bonchev–Trinajstić information content (AvgIpc) is 1.56. The van der Waals surface area contributed by atoms with E-state index in [1.807, 2.05) is 146 Å². The zero-order valence-electron chi connectivity index (χ0n) is 53.3. The number of hydrogen-bond acceptors (Lipinski definition) is 5. The van der Waals surface area contributed by atoms with Gasteiger partial charge in [-0.25, -0.2) is 0 Å². The quantitative estimate of drug-likeness (QED) is 0.1000. The Morgan fingerprint density at radius 3 is 0.804 bits per heavy atom. The maximum Gasteiger partial charge on any atom is 0.171 e. The summed E-state index contributed by atoms with van der Waals surface area (Å²) >= 11 is 0. The van der Waals surface area contributed by atoms with Gasteiger partial charge in [0.05, 0.1) is 36.6 Å². The molecule has 0 saturated heterocycles. The van der Waals surface area contributed by atoms with Crippen LogP contribution in [0.5, 0.6) is 5.75 Å². The number of methoxy groups -OCH3 is 1. The van der Waals surface area contributed by atoms with Gasteiger partial charge in [-0.2, -0.15) is 0 Å². The van der Waals surface area contributed by atoms with Crippen molar-refractivity contribution in [2.45, 2.75) is 29.5 Å². The van der Waals surface area contributed by atoms with Crippen molar-refractivity contribution in [2.24, 2.45) is 0 Å². The Morgan fingerprint density at radius 1 is 0.258 bits per heavy atom. The topological polar surface area (TPSA) is 83.8 Å². The second kappa shape index (κ2) is 23.6. The van der Waals surface area contributed by atoms with Crippen molar-refractivity contribution < 1.29 is 24.1 Å². The smallest absolute Gasteiger partial charge is 0.171 e. The molecule has 0 amide bonds. The molecule has 5 nitrogen and oxygen atoms in total. The Labute approximate surface area is 566 Å². The first-order chi connectivity index (χ1) is 47.7. The standard InChI is InChI=1S/C90H66O5P2/c1-95-69-48-46-65(47-49-69)88(82-34-18-14-30-76(82)77-31-15-19-35-83(77)88)66-54-67(89(63-42-38-61(59-91)39-43-63)84-36-20-16-32-78(84)80-52-50-74(57-86(80)89)96(93,70-22-6-2-7-23-70)71-24-8-3-9-25-71)56-68(55-66)90(64-44-40-62(60-92)41-45-64)85-37-21-17-33-79(85)81-53-51-75(58-87(81)90)97(94,72-26-10-4-11-27-72)73-28-12-5-13-29-73/h2-58,91-92H,59-60H2,1H3. The summed E-state index contributed by atoms with van der Waals surface area (Å²) in [6, 6.07) is 121. The fourth-order valence-corrected chi connectivity index (χ4v) is 22.2. The van der Waals surface area contributed by atoms with Crippen molar-refractivity contribution in [3.05, 3.63) is 424 Å². The van der Waals surface area contributed by atoms with Crippen molar-refractivity contribution in [3.8, 4) is 39.1 Å². The molecular formula is C90H66O5P2. The van der Waals surface area contributed by atoms with E-state index >= 15 is 9.13 Å². The molecule has 0 spiro atoms. The highest BCUT2D eigenvalue weighted by Crippen LogP contribution is 2.64. The van der Waals surface area contributed by atoms with E-state index in [1.54, 1.807) is 7.11 Å². The molecule has 0 heterocycles. The molecule has 14 aromatic rings. The van der Waals surface area contributed by atoms with Crippen LogP contribution in [0.2, 0.25) is 0 Å². The molecule has 3 aliphatic carbocycles. The van der Waals surface area contributed by atoms with Gasteiger partial charge in [-0.15, -0.1) is 0 Å². The van der Waals surface area contributed by atoms with Crippen molar-refractivity contribution in [2.75, 3.05) is 7.11 Å². The van der Waals surface area contributed by atoms with Crippen LogP contribution in [-0.2, 0) is 38.6 Å². The monoisotopic (exact) mass is 1290 g/mol. The lowest BCUT2D eigenvalue weighted by atomic mass is 9.60. The minimum Gasteiger partial charge on any atom is -0.497 e. The van der Waals surface area contributed by atoms with Crippen LogP contribution >= 0.6 is 14.3 Å². The summed E-state index contributed by atoms with van der Waals surface area (Å²) in [5.41, 5.74) is 16.7. The predicted molar refractivity (Wildman–Crippen MR) is 396 cm³/mol. The highest BCUT2D eigenvalue weighted by molar-refractivity contribution is 7.85. The molecule has 0 saturated carbocycles. The largest absolute Gasteiger partial charge is 0.497 e. The zero-order valence-corrected chi connectivity index (χ0v) is 55.1. The summed E-state index contributed by atoms with van der Waals surface area (Å²) in [5, 5.41) is 26.2. The number of benzene rings is 14. The molecule has 14 aromatic carbocycles. The molecule has 7 heteroatoms. The normalized spacial score (nSPS) is 16.1. The summed E-state index contributed by atoms with van der Waals surface area (Å²) in [6.07, 6.45) is 0. The Kier molecular flexibility index (Phi) is 14.6. The van der Waals surface area contributed by atoms with Crippen LogP contribution in [0, 0.1) is 0 Å². The van der Waals surface area contributed by atoms with Crippen molar-refractivity contribution in [3.63, 3.8) is 0 Å². The number of aliphatic hydroxyl groups excluding tert-OH is 2. The van der Waals surface area contributed by atoms with Gasteiger partial charge < -0.3 is 24.1 Å². The van der Waals surface area contributed by atoms with E-state index in [1.165, 1.54) is 0 Å². The van der Waals surface area contributed by atoms with Crippen LogP contribution in [-0.4, -0.2) is 17.3 Å². The number of fused-ring (bicyclic) bond motifs is 9. The minimum atomic E-state index is -3.62. The lowest BCUT2D eigenvalue weighted by Crippen LogP contribution is -2.36. The second-order valence-corrected chi connectivity index (χ2v) is 31.2. The van der Waals surface area contributed by atoms with Gasteiger partial charge in [-0.3, -0.25) is 0 Å². The lowest BCUT2D eigenvalue weighted by Gasteiger charge is -2.41. The molecule has 2 unspecified atom stereocenters. The molecular weight excluding hydrogens is 1220 g/mol. The van der Waals surface area contributed by atoms with Crippen molar-refractivity contribution in [1.29, 1.82) is 0 Å². The molecule has 3 aliphatic rings. The fraction of sp³-hybridized carbons (Fsp3) is 0.0667. The van der Waals surface area contributed by atoms with Crippen LogP contribution in [0.1, 0.15) is 77.9 Å². The molecule has 0 fully saturated rings. The Balaban J connectivity index is 1.08. The Hall–Kier alpha value is -10.7. The van der Waals surface area contributed by atoms with E-state index in [2.05, 4.69) is 200 Å². The summed E-state index contributed by atoms with van der Waals surface area (Å²) in [6.45, 7) is -0.296. The molecule has 2 N–H and O–H groups in total. The van der Waals surface area contributed by atoms with Gasteiger partial charge in [0, 0.05) is 31.8 Å². The number of hydrogen-bond donors (Lipinski definition) is 2. The first-order valence-electron chi connectivity index (χ1n) is 33.0. The highest BCUT2D eigenvalue weighted by atomic mass is 31.2. The molecule has 17 rings (SSSR count). The van der Waals surface area contributed by atoms with Gasteiger partial charge in [0.25, 0.3) is 0 Å². The Morgan fingerprint density at radius 2 is 0.515 bits per heavy atom. The van der Waals surface area contributed by atoms with Gasteiger partial charge in [-0.1, -0.05) is 322 Å². The summed E-state index contributed by atoms with van der Waals surface area (Å²) in [4.78, 5) is 0. The van der Waals surface area contributed by atoms with Gasteiger partial charge in [-0.05, 0) is 136 Å². The van der Waals surface area contributed by atoms with E-state index in [4.69, 9.17) is 4.74 Å². The van der Waals surface area contributed by atoms with Crippen LogP contribution in [0.15, 0.2) is 346 Å². The zero-order chi connectivity index (χ0) is 65.5. The van der Waals surface area contributed by atoms with Crippen molar-refractivity contribution >= 4 is 46.1 Å². The Bertz CT molecular complexity index is 5070. The molecule has 466 valence electrons. The van der Waals surface area contributed by atoms with Gasteiger partial charge in [0.2, 0.25) is 0 Å². The summed E-state index contributed by atoms with van der Waals surface area (Å²) in [7, 11) is -5.53. The minimum absolute atomic E-state index is 0.148. The number of rotatable bonds is 15. The molecule has 97 heavy (non-hydrogen) atoms. The molecule has 2 atom stereocenters. The maximum absolute atomic E-state index is 17.1. The van der Waals surface area contributed by atoms with Crippen LogP contribution in [0.25, 0.3) is 33.4 Å². The third kappa shape index (κ3) is 8.79. The summed E-state index contributed by atoms with van der Waals surface area (Å²) < 4.78 is 40.1.